The summed E-state index contributed by atoms with van der Waals surface area (Å²) < 4.78 is 26.4. The normalized spacial score (nSPS) is 11.7. The molecule has 0 aliphatic heterocycles. The van der Waals surface area contributed by atoms with E-state index in [9.17, 15) is 8.42 Å². The summed E-state index contributed by atoms with van der Waals surface area (Å²) in [5, 5.41) is 0. The standard InChI is InChI=1S/C9H11BrClNO2S/c1-2-12-15(13,14)9-5-7(6-11)3-4-8(9)10/h3-5,12H,2,6H2,1H3. The Morgan fingerprint density at radius 3 is 2.67 bits per heavy atom. The molecule has 1 aromatic carbocycles. The van der Waals surface area contributed by atoms with Crippen LogP contribution in [0.4, 0.5) is 0 Å². The van der Waals surface area contributed by atoms with Crippen LogP contribution in [0.3, 0.4) is 0 Å². The van der Waals surface area contributed by atoms with Crippen molar-refractivity contribution in [3.63, 3.8) is 0 Å². The van der Waals surface area contributed by atoms with Crippen molar-refractivity contribution >= 4 is 37.6 Å². The number of benzene rings is 1. The van der Waals surface area contributed by atoms with Crippen LogP contribution < -0.4 is 4.72 Å². The fourth-order valence-electron chi connectivity index (χ4n) is 1.10. The molecule has 0 atom stereocenters. The summed E-state index contributed by atoms with van der Waals surface area (Å²) in [5.41, 5.74) is 0.774. The van der Waals surface area contributed by atoms with E-state index in [0.29, 0.717) is 16.9 Å². The Morgan fingerprint density at radius 1 is 1.47 bits per heavy atom. The van der Waals surface area contributed by atoms with Gasteiger partial charge in [0, 0.05) is 16.9 Å². The van der Waals surface area contributed by atoms with Gasteiger partial charge in [-0.3, -0.25) is 0 Å². The number of halogens is 2. The van der Waals surface area contributed by atoms with Crippen molar-refractivity contribution < 1.29 is 8.42 Å². The van der Waals surface area contributed by atoms with E-state index in [1.807, 2.05) is 0 Å². The molecule has 0 aromatic heterocycles. The lowest BCUT2D eigenvalue weighted by molar-refractivity contribution is 0.583. The zero-order chi connectivity index (χ0) is 11.5. The summed E-state index contributed by atoms with van der Waals surface area (Å²) in [6.45, 7) is 2.09. The van der Waals surface area contributed by atoms with Gasteiger partial charge in [-0.15, -0.1) is 11.6 Å². The van der Waals surface area contributed by atoms with Crippen LogP contribution in [0.15, 0.2) is 27.6 Å². The van der Waals surface area contributed by atoms with Crippen molar-refractivity contribution in [3.8, 4) is 0 Å². The SMILES string of the molecule is CCNS(=O)(=O)c1cc(CCl)ccc1Br. The van der Waals surface area contributed by atoms with Gasteiger partial charge in [-0.2, -0.15) is 0 Å². The quantitative estimate of drug-likeness (QED) is 0.868. The second-order valence-corrected chi connectivity index (χ2v) is 5.76. The molecule has 0 aliphatic carbocycles. The van der Waals surface area contributed by atoms with E-state index in [-0.39, 0.29) is 4.90 Å². The summed E-state index contributed by atoms with van der Waals surface area (Å²) in [7, 11) is -3.43. The van der Waals surface area contributed by atoms with Crippen LogP contribution in [0.1, 0.15) is 12.5 Å². The van der Waals surface area contributed by atoms with Crippen LogP contribution in [0.5, 0.6) is 0 Å². The van der Waals surface area contributed by atoms with Gasteiger partial charge < -0.3 is 0 Å². The summed E-state index contributed by atoms with van der Waals surface area (Å²) >= 11 is 8.85. The average molecular weight is 313 g/mol. The number of nitrogens with one attached hydrogen (secondary N) is 1. The van der Waals surface area contributed by atoms with Crippen LogP contribution in [-0.4, -0.2) is 15.0 Å². The lowest BCUT2D eigenvalue weighted by Gasteiger charge is -2.07. The molecule has 15 heavy (non-hydrogen) atoms. The first-order chi connectivity index (χ1) is 7.01. The third-order valence-electron chi connectivity index (χ3n) is 1.77. The maximum absolute atomic E-state index is 11.7. The van der Waals surface area contributed by atoms with Crippen molar-refractivity contribution in [2.45, 2.75) is 17.7 Å². The summed E-state index contributed by atoms with van der Waals surface area (Å²) in [6, 6.07) is 5.03. The Labute approximate surface area is 103 Å². The molecule has 0 amide bonds. The predicted molar refractivity (Wildman–Crippen MR) is 64.6 cm³/mol. The van der Waals surface area contributed by atoms with Gasteiger partial charge in [0.05, 0.1) is 4.90 Å². The predicted octanol–water partition coefficient (Wildman–Crippen LogP) is 2.49. The molecule has 6 heteroatoms. The van der Waals surface area contributed by atoms with E-state index in [2.05, 4.69) is 20.7 Å². The van der Waals surface area contributed by atoms with Gasteiger partial charge in [0.25, 0.3) is 0 Å². The van der Waals surface area contributed by atoms with E-state index in [4.69, 9.17) is 11.6 Å². The Morgan fingerprint density at radius 2 is 2.13 bits per heavy atom. The zero-order valence-corrected chi connectivity index (χ0v) is 11.3. The molecule has 0 spiro atoms. The molecule has 0 heterocycles. The first-order valence-electron chi connectivity index (χ1n) is 4.35. The Balaban J connectivity index is 3.24. The van der Waals surface area contributed by atoms with E-state index in [1.165, 1.54) is 0 Å². The lowest BCUT2D eigenvalue weighted by atomic mass is 10.2. The third-order valence-corrected chi connectivity index (χ3v) is 4.62. The largest absolute Gasteiger partial charge is 0.241 e. The fourth-order valence-corrected chi connectivity index (χ4v) is 3.32. The highest BCUT2D eigenvalue weighted by Crippen LogP contribution is 2.23. The second kappa shape index (κ2) is 5.30. The number of hydrogen-bond donors (Lipinski definition) is 1. The molecule has 0 unspecified atom stereocenters. The molecule has 3 nitrogen and oxygen atoms in total. The molecule has 1 aromatic rings. The van der Waals surface area contributed by atoms with Crippen LogP contribution in [0, 0.1) is 0 Å². The highest BCUT2D eigenvalue weighted by Gasteiger charge is 2.16. The minimum Gasteiger partial charge on any atom is -0.211 e. The van der Waals surface area contributed by atoms with Gasteiger partial charge in [-0.1, -0.05) is 13.0 Å². The highest BCUT2D eigenvalue weighted by molar-refractivity contribution is 9.10. The van der Waals surface area contributed by atoms with E-state index >= 15 is 0 Å². The van der Waals surface area contributed by atoms with Gasteiger partial charge >= 0.3 is 0 Å². The van der Waals surface area contributed by atoms with Crippen LogP contribution >= 0.6 is 27.5 Å². The maximum Gasteiger partial charge on any atom is 0.241 e. The summed E-state index contributed by atoms with van der Waals surface area (Å²) in [6.07, 6.45) is 0. The molecule has 0 saturated heterocycles. The molecule has 0 fully saturated rings. The molecule has 0 radical (unpaired) electrons. The van der Waals surface area contributed by atoms with Gasteiger partial charge in [-0.25, -0.2) is 13.1 Å². The minimum absolute atomic E-state index is 0.225. The minimum atomic E-state index is -3.43. The molecule has 0 bridgehead atoms. The highest BCUT2D eigenvalue weighted by atomic mass is 79.9. The van der Waals surface area contributed by atoms with E-state index < -0.39 is 10.0 Å². The second-order valence-electron chi connectivity index (χ2n) is 2.90. The lowest BCUT2D eigenvalue weighted by Crippen LogP contribution is -2.23. The van der Waals surface area contributed by atoms with E-state index in [0.717, 1.165) is 5.56 Å². The Bertz CT molecular complexity index is 447. The van der Waals surface area contributed by atoms with Crippen molar-refractivity contribution in [1.29, 1.82) is 0 Å². The van der Waals surface area contributed by atoms with Crippen LogP contribution in [0.25, 0.3) is 0 Å². The van der Waals surface area contributed by atoms with Crippen molar-refractivity contribution in [1.82, 2.24) is 4.72 Å². The third kappa shape index (κ3) is 3.17. The van der Waals surface area contributed by atoms with Crippen LogP contribution in [0.2, 0.25) is 0 Å². The van der Waals surface area contributed by atoms with E-state index in [1.54, 1.807) is 25.1 Å². The number of sulfonamides is 1. The molecular formula is C9H11BrClNO2S. The maximum atomic E-state index is 11.7. The van der Waals surface area contributed by atoms with Gasteiger partial charge in [0.2, 0.25) is 10.0 Å². The first kappa shape index (κ1) is 13.0. The monoisotopic (exact) mass is 311 g/mol. The Kier molecular flexibility index (Phi) is 4.58. The van der Waals surface area contributed by atoms with Crippen molar-refractivity contribution in [3.05, 3.63) is 28.2 Å². The fraction of sp³-hybridized carbons (Fsp3) is 0.333. The number of rotatable bonds is 4. The van der Waals surface area contributed by atoms with Crippen molar-refractivity contribution in [2.75, 3.05) is 6.54 Å². The topological polar surface area (TPSA) is 46.2 Å². The van der Waals surface area contributed by atoms with Gasteiger partial charge in [0.15, 0.2) is 0 Å². The van der Waals surface area contributed by atoms with Gasteiger partial charge in [-0.05, 0) is 33.6 Å². The molecular weight excluding hydrogens is 302 g/mol. The molecule has 1 N–H and O–H groups in total. The Hall–Kier alpha value is -0.100. The van der Waals surface area contributed by atoms with Crippen molar-refractivity contribution in [2.24, 2.45) is 0 Å². The average Bonchev–Trinajstić information content (AvgIpc) is 2.18. The van der Waals surface area contributed by atoms with Gasteiger partial charge in [0.1, 0.15) is 0 Å². The summed E-state index contributed by atoms with van der Waals surface area (Å²) in [5.74, 6) is 0.294. The summed E-state index contributed by atoms with van der Waals surface area (Å²) in [4.78, 5) is 0.225. The molecule has 84 valence electrons. The number of alkyl halides is 1. The van der Waals surface area contributed by atoms with Crippen LogP contribution in [-0.2, 0) is 15.9 Å². The molecule has 0 aliphatic rings. The number of hydrogen-bond acceptors (Lipinski definition) is 2. The molecule has 0 saturated carbocycles. The first-order valence-corrected chi connectivity index (χ1v) is 7.16. The molecule has 1 rings (SSSR count). The smallest absolute Gasteiger partial charge is 0.211 e. The zero-order valence-electron chi connectivity index (χ0n) is 8.13.